The Morgan fingerprint density at radius 1 is 1.33 bits per heavy atom. The number of imidazole rings is 1. The van der Waals surface area contributed by atoms with Gasteiger partial charge in [-0.2, -0.15) is 0 Å². The van der Waals surface area contributed by atoms with E-state index in [4.69, 9.17) is 10.7 Å². The molecule has 0 radical (unpaired) electrons. The summed E-state index contributed by atoms with van der Waals surface area (Å²) in [6.07, 6.45) is 5.94. The van der Waals surface area contributed by atoms with Crippen molar-refractivity contribution < 1.29 is 0 Å². The molecule has 3 heteroatoms. The minimum absolute atomic E-state index is 0.249. The molecule has 0 bridgehead atoms. The first kappa shape index (κ1) is 13.4. The molecule has 0 aromatic carbocycles. The molecule has 0 amide bonds. The van der Waals surface area contributed by atoms with Gasteiger partial charge < -0.3 is 10.3 Å². The van der Waals surface area contributed by atoms with Crippen LogP contribution in [0.25, 0.3) is 0 Å². The second kappa shape index (κ2) is 4.94. The van der Waals surface area contributed by atoms with Crippen molar-refractivity contribution in [3.05, 3.63) is 11.5 Å². The highest BCUT2D eigenvalue weighted by Crippen LogP contribution is 2.41. The summed E-state index contributed by atoms with van der Waals surface area (Å²) in [6.45, 7) is 9.99. The molecule has 102 valence electrons. The fourth-order valence-corrected chi connectivity index (χ4v) is 2.37. The summed E-state index contributed by atoms with van der Waals surface area (Å²) in [5, 5.41) is 0. The van der Waals surface area contributed by atoms with Crippen LogP contribution in [0, 0.1) is 5.41 Å². The van der Waals surface area contributed by atoms with E-state index in [0.29, 0.717) is 5.92 Å². The highest BCUT2D eigenvalue weighted by molar-refractivity contribution is 5.40. The summed E-state index contributed by atoms with van der Waals surface area (Å²) in [5.74, 6) is 2.85. The second-order valence-electron chi connectivity index (χ2n) is 6.82. The number of unbranched alkanes of at least 4 members (excludes halogenated alkanes) is 1. The monoisotopic (exact) mass is 249 g/mol. The van der Waals surface area contributed by atoms with Crippen LogP contribution in [0.3, 0.4) is 0 Å². The molecule has 0 aliphatic heterocycles. The molecule has 1 fully saturated rings. The maximum atomic E-state index is 6.32. The first-order valence-corrected chi connectivity index (χ1v) is 7.27. The van der Waals surface area contributed by atoms with Crippen molar-refractivity contribution in [2.45, 2.75) is 72.3 Å². The van der Waals surface area contributed by atoms with E-state index in [1.807, 2.05) is 0 Å². The van der Waals surface area contributed by atoms with Crippen molar-refractivity contribution in [2.75, 3.05) is 5.73 Å². The topological polar surface area (TPSA) is 43.8 Å². The summed E-state index contributed by atoms with van der Waals surface area (Å²) in [6, 6.07) is 0. The fraction of sp³-hybridized carbons (Fsp3) is 0.800. The van der Waals surface area contributed by atoms with Crippen molar-refractivity contribution in [1.29, 1.82) is 0 Å². The first-order chi connectivity index (χ1) is 8.42. The number of hydrogen-bond donors (Lipinski definition) is 1. The van der Waals surface area contributed by atoms with Crippen LogP contribution in [0.15, 0.2) is 0 Å². The lowest BCUT2D eigenvalue weighted by molar-refractivity contribution is 0.407. The standard InChI is InChI=1S/C15H27N3/c1-5-6-9-18-13(16)12(10-15(2,3)4)17-14(18)11-7-8-11/h11H,5-10,16H2,1-4H3. The first-order valence-electron chi connectivity index (χ1n) is 7.27. The Morgan fingerprint density at radius 3 is 2.50 bits per heavy atom. The minimum Gasteiger partial charge on any atom is -0.384 e. The third kappa shape index (κ3) is 3.06. The highest BCUT2D eigenvalue weighted by Gasteiger charge is 2.31. The number of rotatable bonds is 5. The number of nitrogens with zero attached hydrogens (tertiary/aromatic N) is 2. The molecule has 2 rings (SSSR count). The van der Waals surface area contributed by atoms with E-state index in [-0.39, 0.29) is 5.41 Å². The highest BCUT2D eigenvalue weighted by atomic mass is 15.1. The largest absolute Gasteiger partial charge is 0.384 e. The second-order valence-corrected chi connectivity index (χ2v) is 6.82. The number of hydrogen-bond acceptors (Lipinski definition) is 2. The van der Waals surface area contributed by atoms with E-state index in [1.54, 1.807) is 0 Å². The van der Waals surface area contributed by atoms with Gasteiger partial charge >= 0.3 is 0 Å². The zero-order valence-corrected chi connectivity index (χ0v) is 12.3. The van der Waals surface area contributed by atoms with Gasteiger partial charge in [0.05, 0.1) is 5.69 Å². The Labute approximate surface area is 111 Å². The van der Waals surface area contributed by atoms with Crippen LogP contribution >= 0.6 is 0 Å². The number of nitrogens with two attached hydrogens (primary N) is 1. The van der Waals surface area contributed by atoms with Gasteiger partial charge in [-0.15, -0.1) is 0 Å². The Morgan fingerprint density at radius 2 is 2.00 bits per heavy atom. The molecule has 3 nitrogen and oxygen atoms in total. The van der Waals surface area contributed by atoms with Gasteiger partial charge in [-0.25, -0.2) is 4.98 Å². The van der Waals surface area contributed by atoms with E-state index in [0.717, 1.165) is 24.5 Å². The molecule has 1 aliphatic carbocycles. The van der Waals surface area contributed by atoms with Gasteiger partial charge in [-0.1, -0.05) is 34.1 Å². The maximum Gasteiger partial charge on any atom is 0.126 e. The van der Waals surface area contributed by atoms with Gasteiger partial charge in [0.15, 0.2) is 0 Å². The molecule has 0 atom stereocenters. The molecule has 1 aliphatic rings. The minimum atomic E-state index is 0.249. The lowest BCUT2D eigenvalue weighted by Gasteiger charge is -2.16. The molecule has 1 heterocycles. The molecular weight excluding hydrogens is 222 g/mol. The molecule has 18 heavy (non-hydrogen) atoms. The third-order valence-electron chi connectivity index (χ3n) is 3.49. The number of anilines is 1. The van der Waals surface area contributed by atoms with Crippen LogP contribution in [0.4, 0.5) is 5.82 Å². The third-order valence-corrected chi connectivity index (χ3v) is 3.49. The Balaban J connectivity index is 2.25. The normalized spacial score (nSPS) is 16.2. The molecule has 2 N–H and O–H groups in total. The van der Waals surface area contributed by atoms with Gasteiger partial charge in [-0.3, -0.25) is 0 Å². The van der Waals surface area contributed by atoms with Gasteiger partial charge in [0.25, 0.3) is 0 Å². The Kier molecular flexibility index (Phi) is 3.69. The molecule has 1 aromatic heterocycles. The molecule has 0 saturated heterocycles. The van der Waals surface area contributed by atoms with E-state index >= 15 is 0 Å². The summed E-state index contributed by atoms with van der Waals surface area (Å²) in [5.41, 5.74) is 7.68. The van der Waals surface area contributed by atoms with Gasteiger partial charge in [0.1, 0.15) is 11.6 Å². The zero-order chi connectivity index (χ0) is 13.3. The summed E-state index contributed by atoms with van der Waals surface area (Å²) in [4.78, 5) is 4.85. The molecule has 0 unspecified atom stereocenters. The Bertz CT molecular complexity index is 408. The van der Waals surface area contributed by atoms with Crippen LogP contribution in [0.2, 0.25) is 0 Å². The van der Waals surface area contributed by atoms with Gasteiger partial charge in [0, 0.05) is 12.5 Å². The van der Waals surface area contributed by atoms with E-state index in [2.05, 4.69) is 32.3 Å². The van der Waals surface area contributed by atoms with Crippen LogP contribution in [-0.4, -0.2) is 9.55 Å². The van der Waals surface area contributed by atoms with E-state index < -0.39 is 0 Å². The maximum absolute atomic E-state index is 6.32. The van der Waals surface area contributed by atoms with Crippen molar-refractivity contribution in [2.24, 2.45) is 5.41 Å². The van der Waals surface area contributed by atoms with E-state index in [9.17, 15) is 0 Å². The summed E-state index contributed by atoms with van der Waals surface area (Å²) >= 11 is 0. The quantitative estimate of drug-likeness (QED) is 0.864. The summed E-state index contributed by atoms with van der Waals surface area (Å²) < 4.78 is 2.28. The van der Waals surface area contributed by atoms with Crippen molar-refractivity contribution >= 4 is 5.82 Å². The van der Waals surface area contributed by atoms with Crippen LogP contribution in [-0.2, 0) is 13.0 Å². The smallest absolute Gasteiger partial charge is 0.126 e. The average Bonchev–Trinajstić information content (AvgIpc) is 3.04. The predicted molar refractivity (Wildman–Crippen MR) is 76.7 cm³/mol. The molecular formula is C15H27N3. The Hall–Kier alpha value is -0.990. The van der Waals surface area contributed by atoms with Gasteiger partial charge in [0.2, 0.25) is 0 Å². The SMILES string of the molecule is CCCCn1c(C2CC2)nc(CC(C)(C)C)c1N. The van der Waals surface area contributed by atoms with Gasteiger partial charge in [-0.05, 0) is 31.1 Å². The van der Waals surface area contributed by atoms with Crippen LogP contribution in [0.5, 0.6) is 0 Å². The molecule has 1 saturated carbocycles. The van der Waals surface area contributed by atoms with Crippen molar-refractivity contribution in [1.82, 2.24) is 9.55 Å². The lowest BCUT2D eigenvalue weighted by Crippen LogP contribution is -2.12. The van der Waals surface area contributed by atoms with Crippen molar-refractivity contribution in [3.8, 4) is 0 Å². The fourth-order valence-electron chi connectivity index (χ4n) is 2.37. The lowest BCUT2D eigenvalue weighted by atomic mass is 9.90. The van der Waals surface area contributed by atoms with Crippen LogP contribution < -0.4 is 5.73 Å². The number of nitrogen functional groups attached to an aromatic ring is 1. The van der Waals surface area contributed by atoms with Crippen molar-refractivity contribution in [3.63, 3.8) is 0 Å². The number of aromatic nitrogens is 2. The average molecular weight is 249 g/mol. The van der Waals surface area contributed by atoms with E-state index in [1.165, 1.54) is 31.5 Å². The molecule has 1 aromatic rings. The molecule has 0 spiro atoms. The summed E-state index contributed by atoms with van der Waals surface area (Å²) in [7, 11) is 0. The zero-order valence-electron chi connectivity index (χ0n) is 12.3. The predicted octanol–water partition coefficient (Wildman–Crippen LogP) is 3.73. The van der Waals surface area contributed by atoms with Crippen LogP contribution in [0.1, 0.15) is 70.8 Å².